The molecule has 1 N–H and O–H groups in total. The van der Waals surface area contributed by atoms with Crippen molar-refractivity contribution in [2.75, 3.05) is 23.3 Å². The number of hydrogen-bond donors (Lipinski definition) is 1. The monoisotopic (exact) mass is 311 g/mol. The Morgan fingerprint density at radius 1 is 1.09 bits per heavy atom. The van der Waals surface area contributed by atoms with E-state index in [0.717, 1.165) is 31.6 Å². The Morgan fingerprint density at radius 2 is 1.78 bits per heavy atom. The summed E-state index contributed by atoms with van der Waals surface area (Å²) in [5.41, 5.74) is 1.50. The van der Waals surface area contributed by atoms with Gasteiger partial charge in [0.1, 0.15) is 5.69 Å². The van der Waals surface area contributed by atoms with Crippen LogP contribution in [0, 0.1) is 10.1 Å². The Labute approximate surface area is 133 Å². The molecule has 2 aromatic carbocycles. The van der Waals surface area contributed by atoms with Gasteiger partial charge in [0.2, 0.25) is 0 Å². The van der Waals surface area contributed by atoms with Crippen LogP contribution < -0.4 is 10.2 Å². The first kappa shape index (κ1) is 15.0. The van der Waals surface area contributed by atoms with Crippen LogP contribution in [0.2, 0.25) is 0 Å². The normalized spacial score (nSPS) is 13.8. The highest BCUT2D eigenvalue weighted by Crippen LogP contribution is 2.31. The Morgan fingerprint density at radius 3 is 2.43 bits per heavy atom. The Kier molecular flexibility index (Phi) is 4.23. The quantitative estimate of drug-likeness (QED) is 0.693. The molecular formula is C17H17N3O3. The van der Waals surface area contributed by atoms with Crippen molar-refractivity contribution < 1.29 is 9.72 Å². The molecule has 0 bridgehead atoms. The van der Waals surface area contributed by atoms with Gasteiger partial charge in [-0.3, -0.25) is 14.9 Å². The molecule has 6 heteroatoms. The highest BCUT2D eigenvalue weighted by atomic mass is 16.6. The van der Waals surface area contributed by atoms with Crippen molar-refractivity contribution in [3.63, 3.8) is 0 Å². The second kappa shape index (κ2) is 6.48. The minimum atomic E-state index is -0.478. The number of benzene rings is 2. The molecule has 3 rings (SSSR count). The lowest BCUT2D eigenvalue weighted by molar-refractivity contribution is -0.383. The van der Waals surface area contributed by atoms with E-state index < -0.39 is 4.92 Å². The summed E-state index contributed by atoms with van der Waals surface area (Å²) >= 11 is 0. The van der Waals surface area contributed by atoms with Gasteiger partial charge in [-0.15, -0.1) is 0 Å². The van der Waals surface area contributed by atoms with Gasteiger partial charge < -0.3 is 10.2 Å². The maximum atomic E-state index is 12.3. The maximum Gasteiger partial charge on any atom is 0.292 e. The lowest BCUT2D eigenvalue weighted by Gasteiger charge is -2.18. The van der Waals surface area contributed by atoms with Crippen molar-refractivity contribution in [2.45, 2.75) is 12.8 Å². The van der Waals surface area contributed by atoms with Gasteiger partial charge in [-0.2, -0.15) is 0 Å². The number of anilines is 2. The molecule has 0 spiro atoms. The summed E-state index contributed by atoms with van der Waals surface area (Å²) in [6.07, 6.45) is 2.23. The summed E-state index contributed by atoms with van der Waals surface area (Å²) in [6, 6.07) is 13.5. The van der Waals surface area contributed by atoms with Gasteiger partial charge in [-0.25, -0.2) is 0 Å². The molecule has 0 radical (unpaired) electrons. The molecule has 23 heavy (non-hydrogen) atoms. The van der Waals surface area contributed by atoms with Crippen molar-refractivity contribution in [3.05, 3.63) is 64.2 Å². The van der Waals surface area contributed by atoms with E-state index in [9.17, 15) is 14.9 Å². The fraction of sp³-hybridized carbons (Fsp3) is 0.235. The van der Waals surface area contributed by atoms with Crippen LogP contribution in [0.15, 0.2) is 48.5 Å². The fourth-order valence-electron chi connectivity index (χ4n) is 2.74. The summed E-state index contributed by atoms with van der Waals surface area (Å²) in [5.74, 6) is -0.354. The Hall–Kier alpha value is -2.89. The van der Waals surface area contributed by atoms with Crippen LogP contribution in [0.5, 0.6) is 0 Å². The van der Waals surface area contributed by atoms with E-state index in [4.69, 9.17) is 0 Å². The zero-order valence-corrected chi connectivity index (χ0v) is 12.6. The van der Waals surface area contributed by atoms with Gasteiger partial charge in [0.05, 0.1) is 4.92 Å². The summed E-state index contributed by atoms with van der Waals surface area (Å²) in [7, 11) is 0. The first-order chi connectivity index (χ1) is 11.1. The number of nitro groups is 1. The molecular weight excluding hydrogens is 294 g/mol. The number of nitro benzene ring substituents is 1. The van der Waals surface area contributed by atoms with Gasteiger partial charge >= 0.3 is 0 Å². The van der Waals surface area contributed by atoms with E-state index >= 15 is 0 Å². The second-order valence-electron chi connectivity index (χ2n) is 5.47. The van der Waals surface area contributed by atoms with Crippen LogP contribution in [-0.2, 0) is 0 Å². The molecule has 0 aromatic heterocycles. The largest absolute Gasteiger partial charge is 0.371 e. The van der Waals surface area contributed by atoms with Gasteiger partial charge in [-0.1, -0.05) is 18.2 Å². The third-order valence-electron chi connectivity index (χ3n) is 3.93. The van der Waals surface area contributed by atoms with Crippen LogP contribution >= 0.6 is 0 Å². The minimum absolute atomic E-state index is 0.0998. The third-order valence-corrected chi connectivity index (χ3v) is 3.93. The highest BCUT2D eigenvalue weighted by molar-refractivity contribution is 6.05. The molecule has 1 aliphatic rings. The van der Waals surface area contributed by atoms with E-state index in [-0.39, 0.29) is 17.3 Å². The molecule has 0 atom stereocenters. The topological polar surface area (TPSA) is 75.5 Å². The molecule has 2 aromatic rings. The Balaban J connectivity index is 1.90. The van der Waals surface area contributed by atoms with Crippen LogP contribution in [-0.4, -0.2) is 23.9 Å². The van der Waals surface area contributed by atoms with Crippen LogP contribution in [0.3, 0.4) is 0 Å². The fourth-order valence-corrected chi connectivity index (χ4v) is 2.74. The van der Waals surface area contributed by atoms with Gasteiger partial charge in [-0.05, 0) is 37.1 Å². The molecule has 1 aliphatic heterocycles. The van der Waals surface area contributed by atoms with E-state index in [0.29, 0.717) is 5.56 Å². The Bertz CT molecular complexity index is 725. The van der Waals surface area contributed by atoms with Crippen molar-refractivity contribution in [1.82, 2.24) is 0 Å². The third kappa shape index (κ3) is 3.31. The molecule has 118 valence electrons. The molecule has 0 aliphatic carbocycles. The molecule has 0 unspecified atom stereocenters. The smallest absolute Gasteiger partial charge is 0.292 e. The summed E-state index contributed by atoms with van der Waals surface area (Å²) in [5, 5.41) is 13.9. The number of rotatable bonds is 4. The van der Waals surface area contributed by atoms with Crippen LogP contribution in [0.4, 0.5) is 17.1 Å². The van der Waals surface area contributed by atoms with E-state index in [1.807, 2.05) is 6.07 Å². The zero-order valence-electron chi connectivity index (χ0n) is 12.6. The predicted octanol–water partition coefficient (Wildman–Crippen LogP) is 3.45. The van der Waals surface area contributed by atoms with Crippen molar-refractivity contribution in [3.8, 4) is 0 Å². The SMILES string of the molecule is O=C(Nc1cc(N2CCCC2)ccc1[N+](=O)[O-])c1ccccc1. The molecule has 1 amide bonds. The minimum Gasteiger partial charge on any atom is -0.371 e. The van der Waals surface area contributed by atoms with Gasteiger partial charge in [0, 0.05) is 30.4 Å². The standard InChI is InChI=1S/C17H17N3O3/c21-17(13-6-2-1-3-7-13)18-15-12-14(19-10-4-5-11-19)8-9-16(15)20(22)23/h1-3,6-9,12H,4-5,10-11H2,(H,18,21). The molecule has 6 nitrogen and oxygen atoms in total. The lowest BCUT2D eigenvalue weighted by atomic mass is 10.2. The van der Waals surface area contributed by atoms with Crippen LogP contribution in [0.1, 0.15) is 23.2 Å². The lowest BCUT2D eigenvalue weighted by Crippen LogP contribution is -2.18. The first-order valence-electron chi connectivity index (χ1n) is 7.55. The summed E-state index contributed by atoms with van der Waals surface area (Å²) in [4.78, 5) is 25.2. The first-order valence-corrected chi connectivity index (χ1v) is 7.55. The highest BCUT2D eigenvalue weighted by Gasteiger charge is 2.20. The van der Waals surface area contributed by atoms with Crippen LogP contribution in [0.25, 0.3) is 0 Å². The van der Waals surface area contributed by atoms with Crippen molar-refractivity contribution in [2.24, 2.45) is 0 Å². The average Bonchev–Trinajstić information content (AvgIpc) is 3.10. The number of nitrogens with one attached hydrogen (secondary N) is 1. The average molecular weight is 311 g/mol. The number of carbonyl (C=O) groups is 1. The van der Waals surface area contributed by atoms with E-state index in [2.05, 4.69) is 10.2 Å². The zero-order chi connectivity index (χ0) is 16.2. The number of hydrogen-bond acceptors (Lipinski definition) is 4. The number of carbonyl (C=O) groups excluding carboxylic acids is 1. The number of amides is 1. The molecule has 0 saturated carbocycles. The summed E-state index contributed by atoms with van der Waals surface area (Å²) in [6.45, 7) is 1.87. The van der Waals surface area contributed by atoms with E-state index in [1.165, 1.54) is 6.07 Å². The van der Waals surface area contributed by atoms with Crippen molar-refractivity contribution >= 4 is 23.0 Å². The molecule has 1 fully saturated rings. The maximum absolute atomic E-state index is 12.3. The van der Waals surface area contributed by atoms with E-state index in [1.54, 1.807) is 36.4 Å². The van der Waals surface area contributed by atoms with Crippen molar-refractivity contribution in [1.29, 1.82) is 0 Å². The molecule has 1 heterocycles. The molecule has 1 saturated heterocycles. The van der Waals surface area contributed by atoms with Gasteiger partial charge in [0.25, 0.3) is 11.6 Å². The summed E-state index contributed by atoms with van der Waals surface area (Å²) < 4.78 is 0. The predicted molar refractivity (Wildman–Crippen MR) is 88.9 cm³/mol. The second-order valence-corrected chi connectivity index (χ2v) is 5.47. The van der Waals surface area contributed by atoms with Gasteiger partial charge in [0.15, 0.2) is 0 Å². The number of nitrogens with zero attached hydrogens (tertiary/aromatic N) is 2.